The van der Waals surface area contributed by atoms with Crippen molar-refractivity contribution in [1.82, 2.24) is 10.6 Å². The first-order valence-corrected chi connectivity index (χ1v) is 6.82. The maximum absolute atomic E-state index is 13.5. The molecule has 1 aromatic rings. The van der Waals surface area contributed by atoms with E-state index in [1.807, 2.05) is 13.0 Å². The molecule has 3 nitrogen and oxygen atoms in total. The topological polar surface area (TPSA) is 41.1 Å². The van der Waals surface area contributed by atoms with Crippen molar-refractivity contribution in [2.75, 3.05) is 13.1 Å². The van der Waals surface area contributed by atoms with Crippen molar-refractivity contribution < 1.29 is 9.18 Å². The van der Waals surface area contributed by atoms with Crippen molar-refractivity contribution in [2.45, 2.75) is 32.7 Å². The van der Waals surface area contributed by atoms with Crippen LogP contribution in [0, 0.1) is 18.7 Å². The molecule has 0 aliphatic heterocycles. The van der Waals surface area contributed by atoms with Crippen LogP contribution in [-0.2, 0) is 4.79 Å². The molecule has 2 N–H and O–H groups in total. The van der Waals surface area contributed by atoms with Gasteiger partial charge in [-0.15, -0.1) is 0 Å². The van der Waals surface area contributed by atoms with Crippen LogP contribution in [0.4, 0.5) is 4.39 Å². The first-order valence-electron chi connectivity index (χ1n) is 6.82. The third kappa shape index (κ3) is 4.31. The highest BCUT2D eigenvalue weighted by molar-refractivity contribution is 5.78. The number of carbonyl (C=O) groups excluding carboxylic acids is 1. The van der Waals surface area contributed by atoms with E-state index in [-0.39, 0.29) is 17.8 Å². The van der Waals surface area contributed by atoms with E-state index in [4.69, 9.17) is 0 Å². The second-order valence-corrected chi connectivity index (χ2v) is 5.37. The molecular formula is C15H21FN2O. The van der Waals surface area contributed by atoms with Gasteiger partial charge < -0.3 is 10.6 Å². The van der Waals surface area contributed by atoms with E-state index in [0.717, 1.165) is 18.0 Å². The maximum Gasteiger partial charge on any atom is 0.234 e. The van der Waals surface area contributed by atoms with Crippen LogP contribution in [0.2, 0.25) is 0 Å². The lowest BCUT2D eigenvalue weighted by Gasteiger charge is -2.15. The number of nitrogens with one attached hydrogen (secondary N) is 2. The molecule has 1 atom stereocenters. The minimum atomic E-state index is -0.231. The molecule has 1 aromatic carbocycles. The monoisotopic (exact) mass is 264 g/mol. The Bertz CT molecular complexity index is 457. The molecule has 19 heavy (non-hydrogen) atoms. The highest BCUT2D eigenvalue weighted by Crippen LogP contribution is 2.27. The molecule has 104 valence electrons. The predicted molar refractivity (Wildman–Crippen MR) is 73.3 cm³/mol. The zero-order valence-corrected chi connectivity index (χ0v) is 11.5. The van der Waals surface area contributed by atoms with Crippen molar-refractivity contribution in [2.24, 2.45) is 5.92 Å². The summed E-state index contributed by atoms with van der Waals surface area (Å²) in [4.78, 5) is 11.7. The van der Waals surface area contributed by atoms with Crippen molar-refractivity contribution in [1.29, 1.82) is 0 Å². The van der Waals surface area contributed by atoms with Gasteiger partial charge in [0.25, 0.3) is 0 Å². The lowest BCUT2D eigenvalue weighted by Crippen LogP contribution is -2.36. The van der Waals surface area contributed by atoms with E-state index in [0.29, 0.717) is 12.1 Å². The summed E-state index contributed by atoms with van der Waals surface area (Å²) in [7, 11) is 0. The predicted octanol–water partition coefficient (Wildman–Crippen LogP) is 2.31. The summed E-state index contributed by atoms with van der Waals surface area (Å²) in [5.41, 5.74) is 1.41. The normalized spacial score (nSPS) is 16.2. The maximum atomic E-state index is 13.5. The SMILES string of the molecule is Cc1ccc(C(C)NC(=O)CNCC2CC2)cc1F. The Balaban J connectivity index is 1.79. The summed E-state index contributed by atoms with van der Waals surface area (Å²) in [6, 6.07) is 4.89. The first kappa shape index (κ1) is 14.0. The Hall–Kier alpha value is -1.42. The summed E-state index contributed by atoms with van der Waals surface area (Å²) in [6.45, 7) is 4.84. The Kier molecular flexibility index (Phi) is 4.53. The van der Waals surface area contributed by atoms with Gasteiger partial charge in [-0.05, 0) is 56.3 Å². The van der Waals surface area contributed by atoms with Gasteiger partial charge in [-0.2, -0.15) is 0 Å². The van der Waals surface area contributed by atoms with Crippen molar-refractivity contribution in [3.63, 3.8) is 0 Å². The van der Waals surface area contributed by atoms with Gasteiger partial charge >= 0.3 is 0 Å². The van der Waals surface area contributed by atoms with Gasteiger partial charge in [-0.25, -0.2) is 4.39 Å². The number of hydrogen-bond acceptors (Lipinski definition) is 2. The van der Waals surface area contributed by atoms with Crippen LogP contribution in [-0.4, -0.2) is 19.0 Å². The third-order valence-electron chi connectivity index (χ3n) is 3.49. The molecule has 1 amide bonds. The van der Waals surface area contributed by atoms with E-state index >= 15 is 0 Å². The molecule has 1 aliphatic carbocycles. The average molecular weight is 264 g/mol. The Labute approximate surface area is 113 Å². The summed E-state index contributed by atoms with van der Waals surface area (Å²) in [6.07, 6.45) is 2.54. The zero-order chi connectivity index (χ0) is 13.8. The highest BCUT2D eigenvalue weighted by atomic mass is 19.1. The number of benzene rings is 1. The molecule has 1 unspecified atom stereocenters. The molecule has 2 rings (SSSR count). The quantitative estimate of drug-likeness (QED) is 0.828. The number of hydrogen-bond donors (Lipinski definition) is 2. The van der Waals surface area contributed by atoms with E-state index in [9.17, 15) is 9.18 Å². The van der Waals surface area contributed by atoms with Crippen LogP contribution in [0.1, 0.15) is 36.9 Å². The molecule has 1 fully saturated rings. The molecule has 1 aliphatic rings. The standard InChI is InChI=1S/C15H21FN2O/c1-10-3-6-13(7-14(10)16)11(2)18-15(19)9-17-8-12-4-5-12/h3,6-7,11-12,17H,4-5,8-9H2,1-2H3,(H,18,19). The first-order chi connectivity index (χ1) is 9.06. The van der Waals surface area contributed by atoms with Gasteiger partial charge in [0.05, 0.1) is 12.6 Å². The Morgan fingerprint density at radius 2 is 2.21 bits per heavy atom. The average Bonchev–Trinajstić information content (AvgIpc) is 3.16. The van der Waals surface area contributed by atoms with E-state index in [2.05, 4.69) is 10.6 Å². The van der Waals surface area contributed by atoms with Crippen molar-refractivity contribution >= 4 is 5.91 Å². The number of carbonyl (C=O) groups is 1. The second kappa shape index (κ2) is 6.15. The number of amides is 1. The van der Waals surface area contributed by atoms with Gasteiger partial charge in [0.2, 0.25) is 5.91 Å². The van der Waals surface area contributed by atoms with Crippen LogP contribution in [0.15, 0.2) is 18.2 Å². The molecule has 1 saturated carbocycles. The summed E-state index contributed by atoms with van der Waals surface area (Å²) >= 11 is 0. The van der Waals surface area contributed by atoms with E-state index in [1.54, 1.807) is 13.0 Å². The molecule has 0 bridgehead atoms. The lowest BCUT2D eigenvalue weighted by molar-refractivity contribution is -0.120. The van der Waals surface area contributed by atoms with Gasteiger partial charge in [-0.3, -0.25) is 4.79 Å². The van der Waals surface area contributed by atoms with E-state index in [1.165, 1.54) is 18.9 Å². The number of halogens is 1. The molecule has 4 heteroatoms. The smallest absolute Gasteiger partial charge is 0.234 e. The molecule has 0 aromatic heterocycles. The molecule has 0 heterocycles. The van der Waals surface area contributed by atoms with Gasteiger partial charge in [0.15, 0.2) is 0 Å². The van der Waals surface area contributed by atoms with Crippen LogP contribution in [0.5, 0.6) is 0 Å². The zero-order valence-electron chi connectivity index (χ0n) is 11.5. The molecule has 0 spiro atoms. The summed E-state index contributed by atoms with van der Waals surface area (Å²) in [5, 5.41) is 6.01. The van der Waals surface area contributed by atoms with Crippen LogP contribution in [0.3, 0.4) is 0 Å². The highest BCUT2D eigenvalue weighted by Gasteiger charge is 2.20. The van der Waals surface area contributed by atoms with Crippen molar-refractivity contribution in [3.05, 3.63) is 35.1 Å². The largest absolute Gasteiger partial charge is 0.348 e. The van der Waals surface area contributed by atoms with Crippen LogP contribution >= 0.6 is 0 Å². The fourth-order valence-electron chi connectivity index (χ4n) is 1.97. The molecular weight excluding hydrogens is 243 g/mol. The Morgan fingerprint density at radius 3 is 2.84 bits per heavy atom. The molecule has 0 radical (unpaired) electrons. The minimum Gasteiger partial charge on any atom is -0.348 e. The second-order valence-electron chi connectivity index (χ2n) is 5.37. The number of rotatable bonds is 6. The van der Waals surface area contributed by atoms with Gasteiger partial charge in [0, 0.05) is 0 Å². The Morgan fingerprint density at radius 1 is 1.47 bits per heavy atom. The third-order valence-corrected chi connectivity index (χ3v) is 3.49. The summed E-state index contributed by atoms with van der Waals surface area (Å²) < 4.78 is 13.5. The van der Waals surface area contributed by atoms with Gasteiger partial charge in [-0.1, -0.05) is 12.1 Å². The van der Waals surface area contributed by atoms with Crippen molar-refractivity contribution in [3.8, 4) is 0 Å². The molecule has 0 saturated heterocycles. The fraction of sp³-hybridized carbons (Fsp3) is 0.533. The van der Waals surface area contributed by atoms with E-state index < -0.39 is 0 Å². The van der Waals surface area contributed by atoms with Gasteiger partial charge in [0.1, 0.15) is 5.82 Å². The van der Waals surface area contributed by atoms with Crippen LogP contribution < -0.4 is 10.6 Å². The fourth-order valence-corrected chi connectivity index (χ4v) is 1.97. The minimum absolute atomic E-state index is 0.0471. The summed E-state index contributed by atoms with van der Waals surface area (Å²) in [5.74, 6) is 0.482. The van der Waals surface area contributed by atoms with Crippen LogP contribution in [0.25, 0.3) is 0 Å². The lowest BCUT2D eigenvalue weighted by atomic mass is 10.1. The number of aryl methyl sites for hydroxylation is 1.